The van der Waals surface area contributed by atoms with Crippen LogP contribution in [-0.2, 0) is 19.4 Å². The van der Waals surface area contributed by atoms with Crippen molar-refractivity contribution in [1.29, 1.82) is 0 Å². The SMILES string of the molecule is CC(C)C1CCC(OC[C@H]2[C@@H](N)CCCN2C(=O)CCS(C)(=O)=O)CC1. The fourth-order valence-electron chi connectivity index (χ4n) is 4.18. The number of hydrogen-bond donors (Lipinski definition) is 1. The number of carbonyl (C=O) groups is 1. The van der Waals surface area contributed by atoms with E-state index in [1.54, 1.807) is 4.90 Å². The molecule has 0 spiro atoms. The zero-order valence-electron chi connectivity index (χ0n) is 16.5. The number of rotatable bonds is 7. The molecule has 26 heavy (non-hydrogen) atoms. The number of sulfone groups is 1. The summed E-state index contributed by atoms with van der Waals surface area (Å²) in [6, 6.07) is -0.239. The second kappa shape index (κ2) is 9.51. The largest absolute Gasteiger partial charge is 0.376 e. The van der Waals surface area contributed by atoms with E-state index in [0.717, 1.165) is 43.8 Å². The van der Waals surface area contributed by atoms with Gasteiger partial charge in [-0.05, 0) is 50.4 Å². The molecule has 1 aliphatic heterocycles. The van der Waals surface area contributed by atoms with Crippen LogP contribution in [-0.4, -0.2) is 62.6 Å². The standard InChI is InChI=1S/C19H36N2O4S/c1-14(2)15-6-8-16(9-7-15)25-13-18-17(20)5-4-11-21(18)19(22)10-12-26(3,23)24/h14-18H,4-13,20H2,1-3H3/t15?,16?,17-,18-/m0/s1. The van der Waals surface area contributed by atoms with E-state index in [1.165, 1.54) is 12.8 Å². The average Bonchev–Trinajstić information content (AvgIpc) is 2.58. The molecule has 6 nitrogen and oxygen atoms in total. The zero-order chi connectivity index (χ0) is 19.3. The van der Waals surface area contributed by atoms with E-state index < -0.39 is 9.84 Å². The Morgan fingerprint density at radius 1 is 1.19 bits per heavy atom. The summed E-state index contributed by atoms with van der Waals surface area (Å²) in [6.45, 7) is 5.67. The molecule has 0 bridgehead atoms. The first-order chi connectivity index (χ1) is 12.2. The van der Waals surface area contributed by atoms with Crippen LogP contribution < -0.4 is 5.73 Å². The van der Waals surface area contributed by atoms with Gasteiger partial charge in [-0.25, -0.2) is 8.42 Å². The van der Waals surface area contributed by atoms with E-state index in [0.29, 0.717) is 13.2 Å². The number of hydrogen-bond acceptors (Lipinski definition) is 5. The van der Waals surface area contributed by atoms with Crippen LogP contribution in [0.1, 0.15) is 58.8 Å². The van der Waals surface area contributed by atoms with Crippen LogP contribution >= 0.6 is 0 Å². The van der Waals surface area contributed by atoms with Gasteiger partial charge in [0.15, 0.2) is 0 Å². The van der Waals surface area contributed by atoms with Crippen molar-refractivity contribution in [1.82, 2.24) is 4.90 Å². The highest BCUT2D eigenvalue weighted by atomic mass is 32.2. The molecule has 1 heterocycles. The summed E-state index contributed by atoms with van der Waals surface area (Å²) in [5, 5.41) is 0. The summed E-state index contributed by atoms with van der Waals surface area (Å²) in [5.74, 6) is 1.29. The van der Waals surface area contributed by atoms with Crippen LogP contribution in [0.2, 0.25) is 0 Å². The smallest absolute Gasteiger partial charge is 0.223 e. The van der Waals surface area contributed by atoms with E-state index >= 15 is 0 Å². The summed E-state index contributed by atoms with van der Waals surface area (Å²) in [7, 11) is -3.14. The molecule has 2 N–H and O–H groups in total. The van der Waals surface area contributed by atoms with Crippen LogP contribution in [0, 0.1) is 11.8 Å². The Morgan fingerprint density at radius 3 is 2.42 bits per heavy atom. The lowest BCUT2D eigenvalue weighted by Gasteiger charge is -2.41. The Morgan fingerprint density at radius 2 is 1.85 bits per heavy atom. The van der Waals surface area contributed by atoms with Crippen molar-refractivity contribution in [3.05, 3.63) is 0 Å². The third kappa shape index (κ3) is 6.50. The van der Waals surface area contributed by atoms with E-state index in [4.69, 9.17) is 10.5 Å². The molecular weight excluding hydrogens is 352 g/mol. The van der Waals surface area contributed by atoms with Crippen LogP contribution in [0.25, 0.3) is 0 Å². The molecule has 2 rings (SSSR count). The van der Waals surface area contributed by atoms with Crippen molar-refractivity contribution in [2.24, 2.45) is 17.6 Å². The molecule has 1 amide bonds. The predicted molar refractivity (Wildman–Crippen MR) is 104 cm³/mol. The Hall–Kier alpha value is -0.660. The summed E-state index contributed by atoms with van der Waals surface area (Å²) in [4.78, 5) is 14.3. The molecule has 2 atom stereocenters. The highest BCUT2D eigenvalue weighted by Crippen LogP contribution is 2.31. The fraction of sp³-hybridized carbons (Fsp3) is 0.947. The molecule has 1 saturated carbocycles. The maximum absolute atomic E-state index is 12.5. The van der Waals surface area contributed by atoms with Crippen molar-refractivity contribution in [2.45, 2.75) is 77.0 Å². The number of ether oxygens (including phenoxy) is 1. The van der Waals surface area contributed by atoms with Crippen LogP contribution in [0.3, 0.4) is 0 Å². The Bertz CT molecular complexity index is 556. The minimum Gasteiger partial charge on any atom is -0.376 e. The normalized spacial score (nSPS) is 30.6. The van der Waals surface area contributed by atoms with Gasteiger partial charge in [-0.1, -0.05) is 13.8 Å². The first-order valence-electron chi connectivity index (χ1n) is 10.0. The highest BCUT2D eigenvalue weighted by molar-refractivity contribution is 7.90. The second-order valence-corrected chi connectivity index (χ2v) is 10.7. The summed E-state index contributed by atoms with van der Waals surface area (Å²) >= 11 is 0. The molecule has 0 aromatic rings. The molecular formula is C19H36N2O4S. The first kappa shape index (κ1) is 21.6. The Kier molecular flexibility index (Phi) is 7.91. The van der Waals surface area contributed by atoms with Gasteiger partial charge in [0.05, 0.1) is 24.5 Å². The van der Waals surface area contributed by atoms with E-state index in [1.807, 2.05) is 0 Å². The maximum atomic E-state index is 12.5. The van der Waals surface area contributed by atoms with Gasteiger partial charge in [0.25, 0.3) is 0 Å². The van der Waals surface area contributed by atoms with Gasteiger partial charge < -0.3 is 15.4 Å². The topological polar surface area (TPSA) is 89.7 Å². The van der Waals surface area contributed by atoms with Crippen molar-refractivity contribution in [3.8, 4) is 0 Å². The first-order valence-corrected chi connectivity index (χ1v) is 12.1. The van der Waals surface area contributed by atoms with Gasteiger partial charge in [-0.3, -0.25) is 4.79 Å². The summed E-state index contributed by atoms with van der Waals surface area (Å²) in [6.07, 6.45) is 7.75. The average molecular weight is 389 g/mol. The van der Waals surface area contributed by atoms with Crippen molar-refractivity contribution >= 4 is 15.7 Å². The van der Waals surface area contributed by atoms with Crippen molar-refractivity contribution in [3.63, 3.8) is 0 Å². The lowest BCUT2D eigenvalue weighted by atomic mass is 9.80. The number of nitrogens with two attached hydrogens (primary N) is 1. The number of likely N-dealkylation sites (tertiary alicyclic amines) is 1. The summed E-state index contributed by atoms with van der Waals surface area (Å²) in [5.41, 5.74) is 6.27. The molecule has 0 aromatic carbocycles. The maximum Gasteiger partial charge on any atom is 0.223 e. The van der Waals surface area contributed by atoms with Crippen LogP contribution in [0.4, 0.5) is 0 Å². The Balaban J connectivity index is 1.87. The van der Waals surface area contributed by atoms with Crippen LogP contribution in [0.15, 0.2) is 0 Å². The highest BCUT2D eigenvalue weighted by Gasteiger charge is 2.33. The molecule has 2 fully saturated rings. The van der Waals surface area contributed by atoms with Gasteiger partial charge in [-0.15, -0.1) is 0 Å². The van der Waals surface area contributed by atoms with Gasteiger partial charge in [0, 0.05) is 25.3 Å². The summed E-state index contributed by atoms with van der Waals surface area (Å²) < 4.78 is 28.9. The van der Waals surface area contributed by atoms with E-state index in [-0.39, 0.29) is 36.3 Å². The molecule has 0 unspecified atom stereocenters. The van der Waals surface area contributed by atoms with Gasteiger partial charge in [0.1, 0.15) is 9.84 Å². The molecule has 0 aromatic heterocycles. The molecule has 0 radical (unpaired) electrons. The van der Waals surface area contributed by atoms with Crippen LogP contribution in [0.5, 0.6) is 0 Å². The molecule has 1 aliphatic carbocycles. The fourth-order valence-corrected chi connectivity index (χ4v) is 4.73. The quantitative estimate of drug-likeness (QED) is 0.720. The predicted octanol–water partition coefficient (Wildman–Crippen LogP) is 1.97. The van der Waals surface area contributed by atoms with Gasteiger partial charge in [-0.2, -0.15) is 0 Å². The zero-order valence-corrected chi connectivity index (χ0v) is 17.3. The molecule has 1 saturated heterocycles. The Labute approximate surface area is 158 Å². The molecule has 7 heteroatoms. The third-order valence-corrected chi connectivity index (χ3v) is 6.95. The lowest BCUT2D eigenvalue weighted by Crippen LogP contribution is -2.56. The van der Waals surface area contributed by atoms with Crippen molar-refractivity contribution in [2.75, 3.05) is 25.2 Å². The van der Waals surface area contributed by atoms with Gasteiger partial charge in [0.2, 0.25) is 5.91 Å². The molecule has 2 aliphatic rings. The number of nitrogens with zero attached hydrogens (tertiary/aromatic N) is 1. The number of amides is 1. The monoisotopic (exact) mass is 388 g/mol. The van der Waals surface area contributed by atoms with E-state index in [9.17, 15) is 13.2 Å². The number of piperidine rings is 1. The lowest BCUT2D eigenvalue weighted by molar-refractivity contribution is -0.138. The third-order valence-electron chi connectivity index (χ3n) is 6.00. The minimum atomic E-state index is -3.14. The van der Waals surface area contributed by atoms with E-state index in [2.05, 4.69) is 13.8 Å². The molecule has 152 valence electrons. The minimum absolute atomic E-state index is 0.0293. The number of carbonyl (C=O) groups excluding carboxylic acids is 1. The second-order valence-electron chi connectivity index (χ2n) is 8.45. The van der Waals surface area contributed by atoms with Crippen molar-refractivity contribution < 1.29 is 17.9 Å². The van der Waals surface area contributed by atoms with Gasteiger partial charge >= 0.3 is 0 Å².